The Hall–Kier alpha value is -3.86. The lowest BCUT2D eigenvalue weighted by atomic mass is 9.72. The molecule has 0 spiro atoms. The predicted molar refractivity (Wildman–Crippen MR) is 163 cm³/mol. The van der Waals surface area contributed by atoms with Crippen molar-refractivity contribution < 1.29 is 4.79 Å². The van der Waals surface area contributed by atoms with Crippen LogP contribution in [-0.2, 0) is 11.3 Å². The standard InChI is InChI=1S/C35H38N4O/c1-22-18-35(4,5)38(21-23-11-7-6-8-12-23)28-16-15-24(17-25(22)28)32-31-27(19-34(2,3)20-30(31)40)37-33-36-26-13-9-10-14-29(26)39(32)33/h6-17,22,32H,18-21H2,1-5H3,(H,36,37)/t22-,32-/m1/s1. The number of hydrogen-bond acceptors (Lipinski definition) is 4. The molecule has 0 radical (unpaired) electrons. The Kier molecular flexibility index (Phi) is 5.54. The summed E-state index contributed by atoms with van der Waals surface area (Å²) in [6.07, 6.45) is 2.48. The van der Waals surface area contributed by atoms with Crippen molar-refractivity contribution >= 4 is 28.5 Å². The number of ketones is 1. The smallest absolute Gasteiger partial charge is 0.209 e. The molecule has 2 aliphatic heterocycles. The fourth-order valence-corrected chi connectivity index (χ4v) is 7.48. The molecule has 7 rings (SSSR count). The second-order valence-corrected chi connectivity index (χ2v) is 13.5. The van der Waals surface area contributed by atoms with Crippen molar-refractivity contribution in [1.29, 1.82) is 0 Å². The molecule has 0 saturated carbocycles. The average Bonchev–Trinajstić information content (AvgIpc) is 3.27. The van der Waals surface area contributed by atoms with E-state index >= 15 is 0 Å². The van der Waals surface area contributed by atoms with Gasteiger partial charge in [0.25, 0.3) is 0 Å². The zero-order chi connectivity index (χ0) is 27.8. The number of nitrogens with zero attached hydrogens (tertiary/aromatic N) is 3. The van der Waals surface area contributed by atoms with E-state index in [1.165, 1.54) is 16.8 Å². The third-order valence-corrected chi connectivity index (χ3v) is 9.22. The summed E-state index contributed by atoms with van der Waals surface area (Å²) < 4.78 is 2.26. The monoisotopic (exact) mass is 530 g/mol. The molecule has 0 bridgehead atoms. The highest BCUT2D eigenvalue weighted by atomic mass is 16.1. The number of fused-ring (bicyclic) bond motifs is 4. The van der Waals surface area contributed by atoms with Crippen LogP contribution in [0.5, 0.6) is 0 Å². The fourth-order valence-electron chi connectivity index (χ4n) is 7.48. The average molecular weight is 531 g/mol. The summed E-state index contributed by atoms with van der Waals surface area (Å²) in [5.41, 5.74) is 9.04. The van der Waals surface area contributed by atoms with E-state index in [0.717, 1.165) is 53.2 Å². The number of imidazole rings is 1. The van der Waals surface area contributed by atoms with Gasteiger partial charge in [0.15, 0.2) is 5.78 Å². The van der Waals surface area contributed by atoms with E-state index in [9.17, 15) is 4.79 Å². The Morgan fingerprint density at radius 3 is 2.50 bits per heavy atom. The van der Waals surface area contributed by atoms with E-state index in [0.29, 0.717) is 12.3 Å². The molecule has 40 heavy (non-hydrogen) atoms. The van der Waals surface area contributed by atoms with E-state index in [4.69, 9.17) is 4.98 Å². The molecule has 5 nitrogen and oxygen atoms in total. The van der Waals surface area contributed by atoms with Crippen LogP contribution < -0.4 is 10.2 Å². The minimum absolute atomic E-state index is 0.0346. The minimum Gasteiger partial charge on any atom is -0.362 e. The molecular formula is C35H38N4O. The maximum absolute atomic E-state index is 13.8. The molecule has 2 atom stereocenters. The van der Waals surface area contributed by atoms with E-state index in [1.807, 2.05) is 6.07 Å². The van der Waals surface area contributed by atoms with Gasteiger partial charge in [-0.05, 0) is 72.9 Å². The normalized spacial score (nSPS) is 22.9. The van der Waals surface area contributed by atoms with Gasteiger partial charge in [-0.15, -0.1) is 0 Å². The first kappa shape index (κ1) is 25.1. The van der Waals surface area contributed by atoms with Gasteiger partial charge in [-0.2, -0.15) is 0 Å². The van der Waals surface area contributed by atoms with Gasteiger partial charge in [0.1, 0.15) is 0 Å². The topological polar surface area (TPSA) is 50.2 Å². The van der Waals surface area contributed by atoms with Crippen molar-refractivity contribution in [3.63, 3.8) is 0 Å². The van der Waals surface area contributed by atoms with Crippen LogP contribution in [-0.4, -0.2) is 20.9 Å². The third-order valence-electron chi connectivity index (χ3n) is 9.22. The number of benzene rings is 3. The molecule has 3 aromatic carbocycles. The predicted octanol–water partition coefficient (Wildman–Crippen LogP) is 7.99. The number of hydrogen-bond donors (Lipinski definition) is 1. The Morgan fingerprint density at radius 1 is 0.950 bits per heavy atom. The van der Waals surface area contributed by atoms with Crippen LogP contribution in [0.15, 0.2) is 84.1 Å². The summed E-state index contributed by atoms with van der Waals surface area (Å²) in [6, 6.07) is 25.8. The molecule has 4 aromatic rings. The summed E-state index contributed by atoms with van der Waals surface area (Å²) in [5, 5.41) is 3.59. The van der Waals surface area contributed by atoms with E-state index in [2.05, 4.69) is 116 Å². The second-order valence-electron chi connectivity index (χ2n) is 13.5. The largest absolute Gasteiger partial charge is 0.362 e. The van der Waals surface area contributed by atoms with Gasteiger partial charge in [0.05, 0.1) is 17.1 Å². The summed E-state index contributed by atoms with van der Waals surface area (Å²) in [6.45, 7) is 12.3. The molecule has 3 heterocycles. The number of carbonyl (C=O) groups excluding carboxylic acids is 1. The first-order valence-corrected chi connectivity index (χ1v) is 14.6. The maximum Gasteiger partial charge on any atom is 0.209 e. The molecule has 0 saturated heterocycles. The zero-order valence-electron chi connectivity index (χ0n) is 24.2. The Labute approximate surface area is 236 Å². The first-order chi connectivity index (χ1) is 19.1. The van der Waals surface area contributed by atoms with Gasteiger partial charge < -0.3 is 10.2 Å². The third kappa shape index (κ3) is 3.97. The molecule has 0 unspecified atom stereocenters. The van der Waals surface area contributed by atoms with Crippen molar-refractivity contribution in [2.45, 2.75) is 77.9 Å². The number of carbonyl (C=O) groups is 1. The molecule has 0 fully saturated rings. The van der Waals surface area contributed by atoms with Gasteiger partial charge in [-0.3, -0.25) is 9.36 Å². The van der Waals surface area contributed by atoms with E-state index in [-0.39, 0.29) is 22.8 Å². The molecule has 204 valence electrons. The van der Waals surface area contributed by atoms with Crippen LogP contribution in [0.3, 0.4) is 0 Å². The van der Waals surface area contributed by atoms with Crippen molar-refractivity contribution in [1.82, 2.24) is 9.55 Å². The molecule has 1 N–H and O–H groups in total. The summed E-state index contributed by atoms with van der Waals surface area (Å²) in [7, 11) is 0. The quantitative estimate of drug-likeness (QED) is 0.292. The highest BCUT2D eigenvalue weighted by Gasteiger charge is 2.43. The SMILES string of the molecule is C[C@@H]1CC(C)(C)N(Cc2ccccc2)c2ccc([C@@H]3C4=C(CC(C)(C)CC4=O)Nc4nc5ccccc5n43)cc21. The number of rotatable bonds is 3. The van der Waals surface area contributed by atoms with Crippen molar-refractivity contribution in [3.8, 4) is 0 Å². The Morgan fingerprint density at radius 2 is 1.70 bits per heavy atom. The first-order valence-electron chi connectivity index (χ1n) is 14.6. The summed E-state index contributed by atoms with van der Waals surface area (Å²) in [4.78, 5) is 21.4. The number of nitrogens with one attached hydrogen (secondary N) is 1. The zero-order valence-corrected chi connectivity index (χ0v) is 24.2. The molecule has 0 amide bonds. The Bertz CT molecular complexity index is 1680. The minimum atomic E-state index is -0.197. The second kappa shape index (κ2) is 8.82. The van der Waals surface area contributed by atoms with Gasteiger partial charge in [0, 0.05) is 35.5 Å². The van der Waals surface area contributed by atoms with Crippen molar-refractivity contribution in [3.05, 3.63) is 101 Å². The van der Waals surface area contributed by atoms with Crippen molar-refractivity contribution in [2.75, 3.05) is 10.2 Å². The summed E-state index contributed by atoms with van der Waals surface area (Å²) >= 11 is 0. The lowest BCUT2D eigenvalue weighted by Crippen LogP contribution is -2.47. The number of Topliss-reactive ketones (excluding diaryl/α,β-unsaturated/α-hetero) is 1. The van der Waals surface area contributed by atoms with Gasteiger partial charge >= 0.3 is 0 Å². The van der Waals surface area contributed by atoms with Crippen LogP contribution in [0.1, 0.15) is 82.5 Å². The van der Waals surface area contributed by atoms with Crippen LogP contribution in [0, 0.1) is 5.41 Å². The van der Waals surface area contributed by atoms with Crippen LogP contribution in [0.2, 0.25) is 0 Å². The summed E-state index contributed by atoms with van der Waals surface area (Å²) in [5.74, 6) is 1.48. The number of aromatic nitrogens is 2. The highest BCUT2D eigenvalue weighted by Crippen LogP contribution is 2.50. The fraction of sp³-hybridized carbons (Fsp3) is 0.371. The van der Waals surface area contributed by atoms with E-state index < -0.39 is 0 Å². The van der Waals surface area contributed by atoms with Crippen LogP contribution in [0.4, 0.5) is 11.6 Å². The van der Waals surface area contributed by atoms with Crippen LogP contribution >= 0.6 is 0 Å². The van der Waals surface area contributed by atoms with Gasteiger partial charge in [0.2, 0.25) is 5.95 Å². The lowest BCUT2D eigenvalue weighted by Gasteiger charge is -2.48. The molecule has 1 aromatic heterocycles. The molecular weight excluding hydrogens is 492 g/mol. The number of anilines is 2. The van der Waals surface area contributed by atoms with Crippen molar-refractivity contribution in [2.24, 2.45) is 5.41 Å². The van der Waals surface area contributed by atoms with Gasteiger partial charge in [-0.25, -0.2) is 4.98 Å². The molecule has 3 aliphatic rings. The molecule has 1 aliphatic carbocycles. The maximum atomic E-state index is 13.8. The van der Waals surface area contributed by atoms with Crippen LogP contribution in [0.25, 0.3) is 11.0 Å². The Balaban J connectivity index is 1.40. The van der Waals surface area contributed by atoms with Gasteiger partial charge in [-0.1, -0.05) is 75.4 Å². The van der Waals surface area contributed by atoms with E-state index in [1.54, 1.807) is 0 Å². The molecule has 5 heteroatoms. The lowest BCUT2D eigenvalue weighted by molar-refractivity contribution is -0.118. The highest BCUT2D eigenvalue weighted by molar-refractivity contribution is 6.01. The number of allylic oxidation sites excluding steroid dienone is 2. The number of para-hydroxylation sites is 2.